The van der Waals surface area contributed by atoms with Gasteiger partial charge in [-0.05, 0) is 77.8 Å². The lowest BCUT2D eigenvalue weighted by molar-refractivity contribution is -0.138. The van der Waals surface area contributed by atoms with E-state index in [4.69, 9.17) is 4.52 Å². The van der Waals surface area contributed by atoms with Crippen LogP contribution in [-0.2, 0) is 14.8 Å². The number of likely N-dealkylation sites (tertiary alicyclic amines) is 1. The molecule has 0 spiro atoms. The highest BCUT2D eigenvalue weighted by atomic mass is 32.2. The van der Waals surface area contributed by atoms with Crippen molar-refractivity contribution in [2.75, 3.05) is 33.2 Å². The Balaban J connectivity index is 1.39. The van der Waals surface area contributed by atoms with Crippen LogP contribution in [0.3, 0.4) is 0 Å². The van der Waals surface area contributed by atoms with Gasteiger partial charge in [-0.15, -0.1) is 0 Å². The molecule has 4 rings (SSSR count). The van der Waals surface area contributed by atoms with Gasteiger partial charge in [-0.2, -0.15) is 4.31 Å². The fourth-order valence-corrected chi connectivity index (χ4v) is 6.97. The molecule has 2 aliphatic rings. The van der Waals surface area contributed by atoms with Gasteiger partial charge in [0.25, 0.3) is 0 Å². The van der Waals surface area contributed by atoms with E-state index in [0.29, 0.717) is 24.9 Å². The first-order valence-corrected chi connectivity index (χ1v) is 14.5. The molecule has 0 unspecified atom stereocenters. The number of piperidine rings is 2. The molecule has 0 saturated carbocycles. The van der Waals surface area contributed by atoms with Gasteiger partial charge in [0.15, 0.2) is 10.7 Å². The van der Waals surface area contributed by atoms with Crippen molar-refractivity contribution >= 4 is 28.1 Å². The first kappa shape index (κ1) is 28.4. The monoisotopic (exact) mass is 550 g/mol. The molecular weight excluding hydrogens is 514 g/mol. The minimum absolute atomic E-state index is 0.0290. The molecule has 2 saturated heterocycles. The molecule has 0 atom stereocenters. The zero-order valence-corrected chi connectivity index (χ0v) is 23.2. The minimum Gasteiger partial charge on any atom is -0.355 e. The predicted octanol–water partition coefficient (Wildman–Crippen LogP) is 4.16. The molecule has 11 heteroatoms. The van der Waals surface area contributed by atoms with Gasteiger partial charge in [0, 0.05) is 55.8 Å². The zero-order valence-electron chi connectivity index (χ0n) is 22.4. The highest BCUT2D eigenvalue weighted by Gasteiger charge is 2.37. The van der Waals surface area contributed by atoms with Crippen LogP contribution in [0.2, 0.25) is 0 Å². The van der Waals surface area contributed by atoms with Crippen molar-refractivity contribution in [1.82, 2.24) is 19.3 Å². The third-order valence-electron chi connectivity index (χ3n) is 7.78. The van der Waals surface area contributed by atoms with E-state index in [1.165, 1.54) is 29.4 Å². The average Bonchev–Trinajstić information content (AvgIpc) is 3.28. The number of carbonyl (C=O) groups is 1. The van der Waals surface area contributed by atoms with Crippen LogP contribution in [0, 0.1) is 24.5 Å². The summed E-state index contributed by atoms with van der Waals surface area (Å²) in [4.78, 5) is 17.4. The van der Waals surface area contributed by atoms with Crippen molar-refractivity contribution in [1.29, 1.82) is 0 Å². The van der Waals surface area contributed by atoms with Crippen LogP contribution in [0.25, 0.3) is 12.2 Å². The molecule has 0 bridgehead atoms. The first-order chi connectivity index (χ1) is 18.0. The van der Waals surface area contributed by atoms with E-state index < -0.39 is 21.7 Å². The topological polar surface area (TPSA) is 87.0 Å². The molecular formula is C27H36F2N4O4S. The summed E-state index contributed by atoms with van der Waals surface area (Å²) in [6.45, 7) is 7.75. The summed E-state index contributed by atoms with van der Waals surface area (Å²) in [5, 5.41) is 3.81. The summed E-state index contributed by atoms with van der Waals surface area (Å²) in [6, 6.07) is 4.05. The van der Waals surface area contributed by atoms with Crippen LogP contribution >= 0.6 is 0 Å². The van der Waals surface area contributed by atoms with Crippen molar-refractivity contribution in [3.8, 4) is 0 Å². The number of nitrogens with zero attached hydrogens (tertiary/aromatic N) is 4. The third-order valence-corrected chi connectivity index (χ3v) is 9.84. The lowest BCUT2D eigenvalue weighted by atomic mass is 9.94. The Morgan fingerprint density at radius 3 is 2.37 bits per heavy atom. The summed E-state index contributed by atoms with van der Waals surface area (Å²) in [5.74, 6) is -1.60. The molecule has 2 aromatic rings. The Morgan fingerprint density at radius 1 is 1.11 bits per heavy atom. The van der Waals surface area contributed by atoms with Crippen molar-refractivity contribution < 1.29 is 26.5 Å². The van der Waals surface area contributed by atoms with Gasteiger partial charge >= 0.3 is 0 Å². The van der Waals surface area contributed by atoms with Crippen LogP contribution < -0.4 is 0 Å². The zero-order chi connectivity index (χ0) is 27.6. The number of hydrogen-bond donors (Lipinski definition) is 0. The molecule has 1 amide bonds. The number of benzene rings is 1. The SMILES string of the molecule is Cc1noc(C=Cc2ccc(F)cc2F)c1S(=O)(=O)N1CCC(C(=O)N2CCC(N(C)C(C)C)CC2)CC1. The molecule has 0 radical (unpaired) electrons. The van der Waals surface area contributed by atoms with Crippen molar-refractivity contribution in [2.45, 2.75) is 63.4 Å². The van der Waals surface area contributed by atoms with E-state index in [0.717, 1.165) is 38.1 Å². The number of hydrogen-bond acceptors (Lipinski definition) is 6. The lowest BCUT2D eigenvalue weighted by Gasteiger charge is -2.40. The average molecular weight is 551 g/mol. The van der Waals surface area contributed by atoms with Gasteiger partial charge in [0.1, 0.15) is 17.3 Å². The van der Waals surface area contributed by atoms with Crippen LogP contribution in [0.4, 0.5) is 8.78 Å². The number of halogens is 2. The summed E-state index contributed by atoms with van der Waals surface area (Å²) in [5.41, 5.74) is 0.277. The second kappa shape index (κ2) is 11.6. The van der Waals surface area contributed by atoms with E-state index >= 15 is 0 Å². The molecule has 38 heavy (non-hydrogen) atoms. The largest absolute Gasteiger partial charge is 0.355 e. The fraction of sp³-hybridized carbons (Fsp3) is 0.556. The molecule has 3 heterocycles. The normalized spacial score (nSPS) is 18.8. The van der Waals surface area contributed by atoms with Crippen molar-refractivity contribution in [3.05, 3.63) is 46.9 Å². The lowest BCUT2D eigenvalue weighted by Crippen LogP contribution is -2.50. The number of aryl methyl sites for hydroxylation is 1. The number of carbonyl (C=O) groups excluding carboxylic acids is 1. The Kier molecular flexibility index (Phi) is 8.68. The summed E-state index contributed by atoms with van der Waals surface area (Å²) < 4.78 is 60.8. The van der Waals surface area contributed by atoms with Gasteiger partial charge < -0.3 is 14.3 Å². The maximum absolute atomic E-state index is 14.0. The maximum Gasteiger partial charge on any atom is 0.248 e. The van der Waals surface area contributed by atoms with Crippen LogP contribution in [0.5, 0.6) is 0 Å². The first-order valence-electron chi connectivity index (χ1n) is 13.1. The van der Waals surface area contributed by atoms with E-state index in [1.807, 2.05) is 4.90 Å². The van der Waals surface area contributed by atoms with Crippen molar-refractivity contribution in [3.63, 3.8) is 0 Å². The summed E-state index contributed by atoms with van der Waals surface area (Å²) in [6.07, 6.45) is 5.41. The molecule has 1 aromatic carbocycles. The van der Waals surface area contributed by atoms with Gasteiger partial charge in [-0.1, -0.05) is 5.16 Å². The highest BCUT2D eigenvalue weighted by Crippen LogP contribution is 2.30. The molecule has 1 aromatic heterocycles. The molecule has 2 aliphatic heterocycles. The number of aromatic nitrogens is 1. The fourth-order valence-electron chi connectivity index (χ4n) is 5.25. The van der Waals surface area contributed by atoms with Crippen LogP contribution in [0.1, 0.15) is 56.5 Å². The highest BCUT2D eigenvalue weighted by molar-refractivity contribution is 7.89. The smallest absolute Gasteiger partial charge is 0.248 e. The van der Waals surface area contributed by atoms with E-state index in [-0.39, 0.29) is 46.8 Å². The number of sulfonamides is 1. The molecule has 0 N–H and O–H groups in total. The Labute approximate surface area is 223 Å². The number of rotatable bonds is 7. The van der Waals surface area contributed by atoms with Gasteiger partial charge in [0.05, 0.1) is 0 Å². The van der Waals surface area contributed by atoms with Gasteiger partial charge in [-0.25, -0.2) is 17.2 Å². The Morgan fingerprint density at radius 2 is 1.76 bits per heavy atom. The Hall–Kier alpha value is -2.63. The van der Waals surface area contributed by atoms with Crippen LogP contribution in [0.15, 0.2) is 27.6 Å². The molecule has 8 nitrogen and oxygen atoms in total. The molecule has 208 valence electrons. The molecule has 0 aliphatic carbocycles. The van der Waals surface area contributed by atoms with E-state index in [1.54, 1.807) is 0 Å². The number of amides is 1. The van der Waals surface area contributed by atoms with Gasteiger partial charge in [-0.3, -0.25) is 4.79 Å². The summed E-state index contributed by atoms with van der Waals surface area (Å²) >= 11 is 0. The maximum atomic E-state index is 14.0. The minimum atomic E-state index is -3.96. The quantitative estimate of drug-likeness (QED) is 0.515. The van der Waals surface area contributed by atoms with Gasteiger partial charge in [0.2, 0.25) is 15.9 Å². The predicted molar refractivity (Wildman–Crippen MR) is 141 cm³/mol. The summed E-state index contributed by atoms with van der Waals surface area (Å²) in [7, 11) is -1.83. The second-order valence-electron chi connectivity index (χ2n) is 10.5. The molecule has 2 fully saturated rings. The Bertz CT molecular complexity index is 1280. The second-order valence-corrected chi connectivity index (χ2v) is 12.3. The van der Waals surface area contributed by atoms with E-state index in [9.17, 15) is 22.0 Å². The van der Waals surface area contributed by atoms with Crippen molar-refractivity contribution in [2.24, 2.45) is 5.92 Å². The van der Waals surface area contributed by atoms with E-state index in [2.05, 4.69) is 31.0 Å². The van der Waals surface area contributed by atoms with Crippen LogP contribution in [-0.4, -0.2) is 78.9 Å². The third kappa shape index (κ3) is 6.00. The standard InChI is InChI=1S/C27H36F2N4O4S/c1-18(2)31(4)23-11-13-32(14-12-23)27(34)21-9-15-33(16-10-21)38(35,36)26-19(3)30-37-25(26)8-6-20-5-7-22(28)17-24(20)29/h5-8,17-18,21,23H,9-16H2,1-4H3.